The van der Waals surface area contributed by atoms with E-state index < -0.39 is 5.97 Å². The van der Waals surface area contributed by atoms with Crippen LogP contribution in [-0.2, 0) is 13.5 Å². The molecule has 106 valence electrons. The number of benzene rings is 1. The molecule has 1 heterocycles. The second kappa shape index (κ2) is 5.66. The predicted molar refractivity (Wildman–Crippen MR) is 79.2 cm³/mol. The van der Waals surface area contributed by atoms with Crippen LogP contribution >= 0.6 is 15.9 Å². The number of hydrogen-bond acceptors (Lipinski definition) is 3. The van der Waals surface area contributed by atoms with E-state index in [1.165, 1.54) is 0 Å². The third-order valence-electron chi connectivity index (χ3n) is 3.15. The van der Waals surface area contributed by atoms with Crippen LogP contribution in [0.25, 0.3) is 11.4 Å². The standard InChI is InChI=1S/C14H15BrN2O3/c1-4-8-7-9(5-6-10(8)20-3)13-16-11(14(18)19)12(15)17(13)2/h5-7H,4H2,1-3H3,(H,18,19). The molecule has 0 aliphatic heterocycles. The lowest BCUT2D eigenvalue weighted by atomic mass is 10.1. The van der Waals surface area contributed by atoms with Gasteiger partial charge in [-0.05, 0) is 46.1 Å². The van der Waals surface area contributed by atoms with Crippen LogP contribution in [0, 0.1) is 0 Å². The SMILES string of the molecule is CCc1cc(-c2nc(C(=O)O)c(Br)n2C)ccc1OC. The summed E-state index contributed by atoms with van der Waals surface area (Å²) in [6.45, 7) is 2.04. The molecule has 0 radical (unpaired) electrons. The lowest BCUT2D eigenvalue weighted by molar-refractivity contribution is 0.0690. The normalized spacial score (nSPS) is 10.6. The van der Waals surface area contributed by atoms with Gasteiger partial charge in [0.05, 0.1) is 7.11 Å². The number of aromatic carboxylic acids is 1. The van der Waals surface area contributed by atoms with E-state index in [0.29, 0.717) is 10.4 Å². The zero-order valence-corrected chi connectivity index (χ0v) is 13.1. The van der Waals surface area contributed by atoms with Crippen LogP contribution in [-0.4, -0.2) is 27.7 Å². The van der Waals surface area contributed by atoms with Crippen molar-refractivity contribution in [2.75, 3.05) is 7.11 Å². The molecule has 1 N–H and O–H groups in total. The van der Waals surface area contributed by atoms with Gasteiger partial charge in [0.25, 0.3) is 0 Å². The summed E-state index contributed by atoms with van der Waals surface area (Å²) in [5, 5.41) is 9.11. The Morgan fingerprint density at radius 3 is 2.70 bits per heavy atom. The first kappa shape index (κ1) is 14.6. The van der Waals surface area contributed by atoms with Gasteiger partial charge < -0.3 is 14.4 Å². The first-order valence-electron chi connectivity index (χ1n) is 6.12. The van der Waals surface area contributed by atoms with Gasteiger partial charge in [0.15, 0.2) is 5.69 Å². The van der Waals surface area contributed by atoms with Crippen LogP contribution in [0.1, 0.15) is 23.0 Å². The van der Waals surface area contributed by atoms with Gasteiger partial charge in [0.2, 0.25) is 0 Å². The number of aromatic nitrogens is 2. The van der Waals surface area contributed by atoms with Gasteiger partial charge >= 0.3 is 5.97 Å². The van der Waals surface area contributed by atoms with E-state index in [9.17, 15) is 4.79 Å². The molecule has 0 aliphatic carbocycles. The minimum atomic E-state index is -1.05. The molecule has 0 atom stereocenters. The number of halogens is 1. The van der Waals surface area contributed by atoms with Crippen molar-refractivity contribution in [3.05, 3.63) is 34.1 Å². The zero-order chi connectivity index (χ0) is 14.9. The van der Waals surface area contributed by atoms with Crippen LogP contribution < -0.4 is 4.74 Å². The van der Waals surface area contributed by atoms with Gasteiger partial charge in [0, 0.05) is 12.6 Å². The first-order valence-corrected chi connectivity index (χ1v) is 6.91. The number of hydrogen-bond donors (Lipinski definition) is 1. The molecule has 2 rings (SSSR count). The van der Waals surface area contributed by atoms with Crippen LogP contribution in [0.5, 0.6) is 5.75 Å². The average Bonchev–Trinajstić information content (AvgIpc) is 2.74. The zero-order valence-electron chi connectivity index (χ0n) is 11.5. The van der Waals surface area contributed by atoms with Crippen molar-refractivity contribution < 1.29 is 14.6 Å². The van der Waals surface area contributed by atoms with Crippen molar-refractivity contribution in [3.63, 3.8) is 0 Å². The largest absolute Gasteiger partial charge is 0.496 e. The third kappa shape index (κ3) is 2.43. The Labute approximate surface area is 125 Å². The molecule has 0 saturated heterocycles. The lowest BCUT2D eigenvalue weighted by Gasteiger charge is -2.09. The summed E-state index contributed by atoms with van der Waals surface area (Å²) in [6, 6.07) is 5.72. The molecule has 0 fully saturated rings. The molecule has 1 aromatic carbocycles. The van der Waals surface area contributed by atoms with Crippen molar-refractivity contribution in [2.45, 2.75) is 13.3 Å². The van der Waals surface area contributed by atoms with Gasteiger partial charge in [-0.1, -0.05) is 6.92 Å². The lowest BCUT2D eigenvalue weighted by Crippen LogP contribution is -1.97. The van der Waals surface area contributed by atoms with E-state index in [0.717, 1.165) is 23.3 Å². The van der Waals surface area contributed by atoms with Gasteiger partial charge in [-0.25, -0.2) is 9.78 Å². The summed E-state index contributed by atoms with van der Waals surface area (Å²) in [5.74, 6) is 0.373. The maximum Gasteiger partial charge on any atom is 0.357 e. The molecule has 0 amide bonds. The summed E-state index contributed by atoms with van der Waals surface area (Å²) in [5.41, 5.74) is 1.93. The van der Waals surface area contributed by atoms with E-state index in [-0.39, 0.29) is 5.69 Å². The maximum atomic E-state index is 11.1. The fraction of sp³-hybridized carbons (Fsp3) is 0.286. The van der Waals surface area contributed by atoms with E-state index >= 15 is 0 Å². The number of ether oxygens (including phenoxy) is 1. The molecule has 0 spiro atoms. The van der Waals surface area contributed by atoms with Crippen LogP contribution in [0.3, 0.4) is 0 Å². The van der Waals surface area contributed by atoms with Crippen LogP contribution in [0.2, 0.25) is 0 Å². The van der Waals surface area contributed by atoms with Crippen LogP contribution in [0.4, 0.5) is 0 Å². The number of carbonyl (C=O) groups is 1. The summed E-state index contributed by atoms with van der Waals surface area (Å²) >= 11 is 3.26. The van der Waals surface area contributed by atoms with Crippen LogP contribution in [0.15, 0.2) is 22.8 Å². The Kier molecular flexibility index (Phi) is 4.13. The van der Waals surface area contributed by atoms with Gasteiger partial charge in [-0.2, -0.15) is 0 Å². The quantitative estimate of drug-likeness (QED) is 0.930. The molecule has 6 heteroatoms. The monoisotopic (exact) mass is 338 g/mol. The first-order chi connectivity index (χ1) is 9.49. The molecular weight excluding hydrogens is 324 g/mol. The molecule has 1 aromatic heterocycles. The summed E-state index contributed by atoms with van der Waals surface area (Å²) in [7, 11) is 3.41. The number of carboxylic acid groups (broad SMARTS) is 1. The van der Waals surface area contributed by atoms with Crippen molar-refractivity contribution in [1.29, 1.82) is 0 Å². The predicted octanol–water partition coefficient (Wildman–Crippen LogP) is 3.12. The number of nitrogens with zero attached hydrogens (tertiary/aromatic N) is 2. The summed E-state index contributed by atoms with van der Waals surface area (Å²) in [4.78, 5) is 15.3. The van der Waals surface area contributed by atoms with E-state index in [1.807, 2.05) is 25.1 Å². The molecule has 0 unspecified atom stereocenters. The highest BCUT2D eigenvalue weighted by atomic mass is 79.9. The maximum absolute atomic E-state index is 11.1. The molecule has 0 saturated carbocycles. The van der Waals surface area contributed by atoms with Crippen molar-refractivity contribution in [2.24, 2.45) is 7.05 Å². The average molecular weight is 339 g/mol. The number of methoxy groups -OCH3 is 1. The Bertz CT molecular complexity index is 665. The number of imidazole rings is 1. The van der Waals surface area contributed by atoms with Gasteiger partial charge in [-0.15, -0.1) is 0 Å². The summed E-state index contributed by atoms with van der Waals surface area (Å²) in [6.07, 6.45) is 0.828. The van der Waals surface area contributed by atoms with Gasteiger partial charge in [0.1, 0.15) is 16.2 Å². The fourth-order valence-corrected chi connectivity index (χ4v) is 2.49. The number of carboxylic acids is 1. The third-order valence-corrected chi connectivity index (χ3v) is 4.05. The van der Waals surface area contributed by atoms with Gasteiger partial charge in [-0.3, -0.25) is 0 Å². The second-order valence-corrected chi connectivity index (χ2v) is 5.07. The molecule has 5 nitrogen and oxygen atoms in total. The second-order valence-electron chi connectivity index (χ2n) is 4.32. The Morgan fingerprint density at radius 1 is 1.50 bits per heavy atom. The minimum Gasteiger partial charge on any atom is -0.496 e. The van der Waals surface area contributed by atoms with E-state index in [4.69, 9.17) is 9.84 Å². The Balaban J connectivity index is 2.57. The topological polar surface area (TPSA) is 64.3 Å². The highest BCUT2D eigenvalue weighted by molar-refractivity contribution is 9.10. The highest BCUT2D eigenvalue weighted by Gasteiger charge is 2.19. The molecule has 2 aromatic rings. The van der Waals surface area contributed by atoms with Crippen molar-refractivity contribution >= 4 is 21.9 Å². The van der Waals surface area contributed by atoms with E-state index in [1.54, 1.807) is 18.7 Å². The fourth-order valence-electron chi connectivity index (χ4n) is 2.07. The minimum absolute atomic E-state index is 0.0105. The summed E-state index contributed by atoms with van der Waals surface area (Å²) < 4.78 is 7.46. The smallest absolute Gasteiger partial charge is 0.357 e. The Hall–Kier alpha value is -1.82. The van der Waals surface area contributed by atoms with Crippen molar-refractivity contribution in [3.8, 4) is 17.1 Å². The Morgan fingerprint density at radius 2 is 2.20 bits per heavy atom. The van der Waals surface area contributed by atoms with E-state index in [2.05, 4.69) is 20.9 Å². The number of aryl methyl sites for hydroxylation is 1. The number of rotatable bonds is 4. The molecule has 0 bridgehead atoms. The van der Waals surface area contributed by atoms with Crippen molar-refractivity contribution in [1.82, 2.24) is 9.55 Å². The highest BCUT2D eigenvalue weighted by Crippen LogP contribution is 2.29. The molecular formula is C14H15BrN2O3. The molecule has 20 heavy (non-hydrogen) atoms. The molecule has 0 aliphatic rings.